The van der Waals surface area contributed by atoms with Crippen molar-refractivity contribution in [1.82, 2.24) is 15.1 Å². The van der Waals surface area contributed by atoms with Gasteiger partial charge in [0.1, 0.15) is 5.82 Å². The van der Waals surface area contributed by atoms with Gasteiger partial charge in [-0.05, 0) is 30.0 Å². The molecule has 0 aliphatic carbocycles. The zero-order valence-corrected chi connectivity index (χ0v) is 17.4. The molecule has 134 valence electrons. The molecule has 1 N–H and O–H groups in total. The van der Waals surface area contributed by atoms with Gasteiger partial charge in [-0.15, -0.1) is 0 Å². The first-order valence-electron chi connectivity index (χ1n) is 8.37. The van der Waals surface area contributed by atoms with Gasteiger partial charge < -0.3 is 19.7 Å². The molecule has 0 fully saturated rings. The Kier molecular flexibility index (Phi) is 7.97. The average Bonchev–Trinajstić information content (AvgIpc) is 3.09. The number of benzene rings is 1. The van der Waals surface area contributed by atoms with Crippen molar-refractivity contribution in [1.29, 1.82) is 0 Å². The number of nitrogens with zero attached hydrogens (tertiary/aromatic N) is 3. The second-order valence-electron chi connectivity index (χ2n) is 6.16. The summed E-state index contributed by atoms with van der Waals surface area (Å²) in [7, 11) is 0. The molecule has 0 aliphatic rings. The predicted molar refractivity (Wildman–Crippen MR) is 93.8 cm³/mol. The van der Waals surface area contributed by atoms with Gasteiger partial charge in [0.05, 0.1) is 0 Å². The molecule has 0 saturated heterocycles. The third-order valence-electron chi connectivity index (χ3n) is 3.86. The third kappa shape index (κ3) is 6.46. The van der Waals surface area contributed by atoms with E-state index < -0.39 is 5.97 Å². The maximum Gasteiger partial charge on any atom is 1.00 e. The molecule has 0 bridgehead atoms. The summed E-state index contributed by atoms with van der Waals surface area (Å²) in [6.07, 6.45) is 2.12. The fraction of sp³-hybridized carbons (Fsp3) is 0.263. The number of aromatic nitrogens is 3. The predicted octanol–water partition coefficient (Wildman–Crippen LogP) is -0.934. The Morgan fingerprint density at radius 2 is 2.00 bits per heavy atom. The number of pyridine rings is 1. The van der Waals surface area contributed by atoms with E-state index in [0.717, 1.165) is 16.9 Å². The van der Waals surface area contributed by atoms with Gasteiger partial charge in [0.2, 0.25) is 11.7 Å². The molecule has 8 heteroatoms. The first kappa shape index (κ1) is 21.1. The number of carboxylic acid groups (broad SMARTS) is 1. The molecule has 1 unspecified atom stereocenters. The van der Waals surface area contributed by atoms with E-state index in [0.29, 0.717) is 24.7 Å². The number of hydrogen-bond donors (Lipinski definition) is 1. The Morgan fingerprint density at radius 3 is 2.67 bits per heavy atom. The summed E-state index contributed by atoms with van der Waals surface area (Å²) in [4.78, 5) is 19.2. The monoisotopic (exact) mass is 374 g/mol. The molecular formula is C19H19N4NaO3. The Labute approximate surface area is 179 Å². The molecule has 0 amide bonds. The van der Waals surface area contributed by atoms with Crippen molar-refractivity contribution >= 4 is 11.8 Å². The standard InChI is InChI=1S/C19H20N4O3.Na/c1-13(11-18(24)25)10-17-22-19(23-26-17)15-7-5-14(6-8-15)12-21-16-4-2-3-9-20-16;/h2-9,13H,10-12H2,1H3,(H,20,21)(H,24,25);/q;+1/p-1. The van der Waals surface area contributed by atoms with Crippen LogP contribution in [0.25, 0.3) is 11.4 Å². The van der Waals surface area contributed by atoms with Crippen LogP contribution in [0.15, 0.2) is 53.2 Å². The number of nitrogens with one attached hydrogen (secondary N) is 1. The maximum atomic E-state index is 10.6. The second-order valence-corrected chi connectivity index (χ2v) is 6.16. The van der Waals surface area contributed by atoms with Crippen LogP contribution in [-0.4, -0.2) is 21.1 Å². The Hall–Kier alpha value is -2.22. The molecule has 3 aromatic rings. The van der Waals surface area contributed by atoms with Crippen LogP contribution >= 0.6 is 0 Å². The molecule has 0 spiro atoms. The van der Waals surface area contributed by atoms with Crippen molar-refractivity contribution in [2.45, 2.75) is 26.3 Å². The first-order valence-corrected chi connectivity index (χ1v) is 8.37. The number of carbonyl (C=O) groups excluding carboxylic acids is 1. The van der Waals surface area contributed by atoms with Crippen molar-refractivity contribution in [2.24, 2.45) is 5.92 Å². The van der Waals surface area contributed by atoms with Gasteiger partial charge in [0, 0.05) is 30.7 Å². The van der Waals surface area contributed by atoms with E-state index in [9.17, 15) is 9.90 Å². The zero-order valence-electron chi connectivity index (χ0n) is 15.4. The molecule has 2 heterocycles. The molecule has 0 aliphatic heterocycles. The van der Waals surface area contributed by atoms with Gasteiger partial charge in [-0.25, -0.2) is 4.98 Å². The Morgan fingerprint density at radius 1 is 1.22 bits per heavy atom. The van der Waals surface area contributed by atoms with Crippen LogP contribution in [0.4, 0.5) is 5.82 Å². The third-order valence-corrected chi connectivity index (χ3v) is 3.86. The van der Waals surface area contributed by atoms with Crippen molar-refractivity contribution in [3.8, 4) is 11.4 Å². The van der Waals surface area contributed by atoms with Gasteiger partial charge in [0.15, 0.2) is 0 Å². The van der Waals surface area contributed by atoms with E-state index in [1.807, 2.05) is 49.4 Å². The molecular weight excluding hydrogens is 355 g/mol. The van der Waals surface area contributed by atoms with Gasteiger partial charge in [-0.1, -0.05) is 42.4 Å². The van der Waals surface area contributed by atoms with Crippen LogP contribution in [0.1, 0.15) is 24.8 Å². The minimum atomic E-state index is -1.08. The molecule has 27 heavy (non-hydrogen) atoms. The van der Waals surface area contributed by atoms with Crippen LogP contribution in [0.3, 0.4) is 0 Å². The summed E-state index contributed by atoms with van der Waals surface area (Å²) in [6.45, 7) is 2.47. The van der Waals surface area contributed by atoms with Crippen LogP contribution < -0.4 is 40.0 Å². The SMILES string of the molecule is CC(CC(=O)[O-])Cc1nc(-c2ccc(CNc3ccccn3)cc2)no1.[Na+]. The van der Waals surface area contributed by atoms with Gasteiger partial charge in [-0.2, -0.15) is 4.98 Å². The topological polar surface area (TPSA) is 104 Å². The fourth-order valence-electron chi connectivity index (χ4n) is 2.54. The van der Waals surface area contributed by atoms with Crippen LogP contribution in [-0.2, 0) is 17.8 Å². The number of aliphatic carboxylic acids is 1. The molecule has 3 rings (SSSR count). The summed E-state index contributed by atoms with van der Waals surface area (Å²) < 4.78 is 5.21. The molecule has 0 radical (unpaired) electrons. The zero-order chi connectivity index (χ0) is 18.4. The van der Waals surface area contributed by atoms with E-state index >= 15 is 0 Å². The second kappa shape index (κ2) is 10.2. The summed E-state index contributed by atoms with van der Waals surface area (Å²) in [5.41, 5.74) is 1.94. The molecule has 0 saturated carbocycles. The molecule has 2 aromatic heterocycles. The molecule has 1 aromatic carbocycles. The van der Waals surface area contributed by atoms with Crippen LogP contribution in [0.2, 0.25) is 0 Å². The molecule has 7 nitrogen and oxygen atoms in total. The van der Waals surface area contributed by atoms with Crippen LogP contribution in [0.5, 0.6) is 0 Å². The van der Waals surface area contributed by atoms with E-state index in [-0.39, 0.29) is 41.9 Å². The summed E-state index contributed by atoms with van der Waals surface area (Å²) >= 11 is 0. The van der Waals surface area contributed by atoms with Crippen molar-refractivity contribution in [2.75, 3.05) is 5.32 Å². The normalized spacial score (nSPS) is 11.4. The van der Waals surface area contributed by atoms with Crippen molar-refractivity contribution < 1.29 is 44.0 Å². The number of anilines is 1. The van der Waals surface area contributed by atoms with Gasteiger partial charge in [-0.3, -0.25) is 0 Å². The van der Waals surface area contributed by atoms with E-state index in [4.69, 9.17) is 4.52 Å². The fourth-order valence-corrected chi connectivity index (χ4v) is 2.54. The molecule has 1 atom stereocenters. The van der Waals surface area contributed by atoms with E-state index in [1.54, 1.807) is 6.20 Å². The maximum absolute atomic E-state index is 10.6. The smallest absolute Gasteiger partial charge is 0.550 e. The number of rotatable bonds is 8. The summed E-state index contributed by atoms with van der Waals surface area (Å²) in [6, 6.07) is 13.5. The summed E-state index contributed by atoms with van der Waals surface area (Å²) in [5.74, 6) is 0.546. The number of carboxylic acids is 1. The summed E-state index contributed by atoms with van der Waals surface area (Å²) in [5, 5.41) is 17.8. The van der Waals surface area contributed by atoms with Crippen LogP contribution in [0, 0.1) is 5.92 Å². The minimum Gasteiger partial charge on any atom is -0.550 e. The Balaban J connectivity index is 0.00000261. The van der Waals surface area contributed by atoms with E-state index in [1.165, 1.54) is 0 Å². The van der Waals surface area contributed by atoms with Gasteiger partial charge >= 0.3 is 29.6 Å². The van der Waals surface area contributed by atoms with Crippen molar-refractivity contribution in [3.63, 3.8) is 0 Å². The number of hydrogen-bond acceptors (Lipinski definition) is 7. The van der Waals surface area contributed by atoms with Gasteiger partial charge in [0.25, 0.3) is 0 Å². The Bertz CT molecular complexity index is 853. The van der Waals surface area contributed by atoms with Crippen molar-refractivity contribution in [3.05, 3.63) is 60.1 Å². The largest absolute Gasteiger partial charge is 1.00 e. The average molecular weight is 374 g/mol. The first-order chi connectivity index (χ1) is 12.6. The minimum absolute atomic E-state index is 0. The number of carbonyl (C=O) groups is 1. The quantitative estimate of drug-likeness (QED) is 0.508. The van der Waals surface area contributed by atoms with E-state index in [2.05, 4.69) is 20.4 Å².